The van der Waals surface area contributed by atoms with Crippen molar-refractivity contribution in [1.82, 2.24) is 0 Å². The van der Waals surface area contributed by atoms with Gasteiger partial charge in [-0.15, -0.1) is 12.4 Å². The number of hydrogen-bond acceptors (Lipinski definition) is 3. The number of halogens is 1. The molecule has 0 heterocycles. The molecule has 98 valence electrons. The average molecular weight is 260 g/mol. The summed E-state index contributed by atoms with van der Waals surface area (Å²) in [6, 6.07) is 4.73. The number of nitrogens with two attached hydrogens (primary N) is 1. The second-order valence-corrected chi connectivity index (χ2v) is 4.78. The van der Waals surface area contributed by atoms with E-state index < -0.39 is 12.1 Å². The van der Waals surface area contributed by atoms with E-state index >= 15 is 0 Å². The molecule has 0 aliphatic heterocycles. The van der Waals surface area contributed by atoms with Gasteiger partial charge in [-0.25, -0.2) is 0 Å². The van der Waals surface area contributed by atoms with Gasteiger partial charge in [-0.05, 0) is 25.3 Å². The summed E-state index contributed by atoms with van der Waals surface area (Å²) < 4.78 is 0. The summed E-state index contributed by atoms with van der Waals surface area (Å²) in [4.78, 5) is 0. The molecule has 17 heavy (non-hydrogen) atoms. The van der Waals surface area contributed by atoms with Crippen LogP contribution in [0.3, 0.4) is 0 Å². The molecule has 2 atom stereocenters. The summed E-state index contributed by atoms with van der Waals surface area (Å²) >= 11 is 0. The van der Waals surface area contributed by atoms with Crippen LogP contribution in [0.4, 0.5) is 0 Å². The van der Waals surface area contributed by atoms with Gasteiger partial charge in [0.2, 0.25) is 0 Å². The van der Waals surface area contributed by atoms with Crippen LogP contribution in [0.1, 0.15) is 37.4 Å². The molecule has 0 radical (unpaired) electrons. The molecular weight excluding hydrogens is 238 g/mol. The smallest absolute Gasteiger partial charge is 0.120 e. The molecule has 0 amide bonds. The summed E-state index contributed by atoms with van der Waals surface area (Å²) in [6.45, 7) is 6.00. The molecule has 0 aromatic heterocycles. The van der Waals surface area contributed by atoms with Gasteiger partial charge in [-0.2, -0.15) is 0 Å². The molecule has 4 heteroatoms. The maximum Gasteiger partial charge on any atom is 0.120 e. The normalized spacial score (nSPS) is 14.2. The highest BCUT2D eigenvalue weighted by molar-refractivity contribution is 5.85. The van der Waals surface area contributed by atoms with Crippen LogP contribution in [-0.4, -0.2) is 16.3 Å². The van der Waals surface area contributed by atoms with E-state index in [9.17, 15) is 10.2 Å². The zero-order chi connectivity index (χ0) is 12.3. The third kappa shape index (κ3) is 4.54. The molecule has 4 N–H and O–H groups in total. The molecule has 0 spiro atoms. The largest absolute Gasteiger partial charge is 0.508 e. The van der Waals surface area contributed by atoms with Crippen LogP contribution in [-0.2, 0) is 0 Å². The van der Waals surface area contributed by atoms with Crippen LogP contribution in [0, 0.1) is 12.8 Å². The number of aliphatic hydroxyl groups excluding tert-OH is 1. The lowest BCUT2D eigenvalue weighted by Gasteiger charge is -2.21. The Morgan fingerprint density at radius 3 is 2.41 bits per heavy atom. The Balaban J connectivity index is 0.00000256. The first kappa shape index (κ1) is 16.2. The minimum atomic E-state index is -0.618. The minimum absolute atomic E-state index is 0. The van der Waals surface area contributed by atoms with E-state index in [0.717, 1.165) is 5.56 Å². The highest BCUT2D eigenvalue weighted by Gasteiger charge is 2.20. The van der Waals surface area contributed by atoms with Gasteiger partial charge < -0.3 is 15.9 Å². The van der Waals surface area contributed by atoms with E-state index in [0.29, 0.717) is 17.9 Å². The van der Waals surface area contributed by atoms with Gasteiger partial charge in [0.05, 0.1) is 12.1 Å². The van der Waals surface area contributed by atoms with Crippen molar-refractivity contribution < 1.29 is 10.2 Å². The highest BCUT2D eigenvalue weighted by atomic mass is 35.5. The first-order valence-electron chi connectivity index (χ1n) is 5.65. The Bertz CT molecular complexity index is 355. The van der Waals surface area contributed by atoms with Crippen LogP contribution in [0.25, 0.3) is 0 Å². The topological polar surface area (TPSA) is 66.5 Å². The van der Waals surface area contributed by atoms with Gasteiger partial charge in [0, 0.05) is 5.56 Å². The van der Waals surface area contributed by atoms with Gasteiger partial charge in [-0.1, -0.05) is 31.5 Å². The average Bonchev–Trinajstić information content (AvgIpc) is 2.19. The zero-order valence-corrected chi connectivity index (χ0v) is 11.4. The number of hydrogen-bond donors (Lipinski definition) is 3. The molecule has 0 saturated carbocycles. The molecule has 0 bridgehead atoms. The first-order chi connectivity index (χ1) is 7.41. The van der Waals surface area contributed by atoms with E-state index in [1.807, 2.05) is 32.9 Å². The van der Waals surface area contributed by atoms with Crippen molar-refractivity contribution in [2.45, 2.75) is 39.3 Å². The molecule has 0 saturated heterocycles. The van der Waals surface area contributed by atoms with Crippen molar-refractivity contribution in [3.8, 4) is 5.75 Å². The molecule has 1 aromatic carbocycles. The fraction of sp³-hybridized carbons (Fsp3) is 0.538. The summed E-state index contributed by atoms with van der Waals surface area (Å²) in [7, 11) is 0. The maximum atomic E-state index is 9.92. The molecule has 3 nitrogen and oxygen atoms in total. The van der Waals surface area contributed by atoms with Gasteiger partial charge in [-0.3, -0.25) is 0 Å². The maximum absolute atomic E-state index is 9.92. The second kappa shape index (κ2) is 6.84. The van der Waals surface area contributed by atoms with Crippen molar-refractivity contribution in [2.24, 2.45) is 11.7 Å². The monoisotopic (exact) mass is 259 g/mol. The van der Waals surface area contributed by atoms with E-state index in [-0.39, 0.29) is 18.2 Å². The number of aryl methyl sites for hydroxylation is 1. The van der Waals surface area contributed by atoms with Gasteiger partial charge in [0.15, 0.2) is 0 Å². The number of aromatic hydroxyl groups is 1. The van der Waals surface area contributed by atoms with E-state index in [2.05, 4.69) is 0 Å². The highest BCUT2D eigenvalue weighted by Crippen LogP contribution is 2.27. The van der Waals surface area contributed by atoms with Gasteiger partial charge in [0.25, 0.3) is 0 Å². The van der Waals surface area contributed by atoms with E-state index in [1.165, 1.54) is 0 Å². The third-order valence-corrected chi connectivity index (χ3v) is 2.67. The van der Waals surface area contributed by atoms with Crippen molar-refractivity contribution in [1.29, 1.82) is 0 Å². The summed E-state index contributed by atoms with van der Waals surface area (Å²) in [6.07, 6.45) is 0.0156. The lowest BCUT2D eigenvalue weighted by atomic mass is 9.94. The SMILES string of the molecule is Cc1ccc(O)c([C@@H](N)[C@@H](O)CC(C)C)c1.Cl. The lowest BCUT2D eigenvalue weighted by molar-refractivity contribution is 0.120. The van der Waals surface area contributed by atoms with Gasteiger partial charge in [0.1, 0.15) is 5.75 Å². The number of phenolic OH excluding ortho intramolecular Hbond substituents is 1. The molecular formula is C13H22ClNO2. The fourth-order valence-electron chi connectivity index (χ4n) is 1.78. The Labute approximate surface area is 109 Å². The Kier molecular flexibility index (Phi) is 6.53. The van der Waals surface area contributed by atoms with Gasteiger partial charge >= 0.3 is 0 Å². The first-order valence-corrected chi connectivity index (χ1v) is 5.65. The number of rotatable bonds is 4. The van der Waals surface area contributed by atoms with Crippen molar-refractivity contribution >= 4 is 12.4 Å². The van der Waals surface area contributed by atoms with Crippen LogP contribution in [0.5, 0.6) is 5.75 Å². The van der Waals surface area contributed by atoms with E-state index in [1.54, 1.807) is 6.07 Å². The molecule has 0 aliphatic carbocycles. The quantitative estimate of drug-likeness (QED) is 0.778. The van der Waals surface area contributed by atoms with E-state index in [4.69, 9.17) is 5.73 Å². The van der Waals surface area contributed by atoms with Crippen LogP contribution < -0.4 is 5.73 Å². The zero-order valence-electron chi connectivity index (χ0n) is 10.6. The standard InChI is InChI=1S/C13H21NO2.ClH/c1-8(2)6-12(16)13(14)10-7-9(3)4-5-11(10)15;/h4-5,7-8,12-13,15-16H,6,14H2,1-3H3;1H/t12-,13+;/m0./s1. The Hall–Kier alpha value is -0.770. The number of aliphatic hydroxyl groups is 1. The second-order valence-electron chi connectivity index (χ2n) is 4.78. The predicted molar refractivity (Wildman–Crippen MR) is 72.5 cm³/mol. The minimum Gasteiger partial charge on any atom is -0.508 e. The Morgan fingerprint density at radius 2 is 1.88 bits per heavy atom. The van der Waals surface area contributed by atoms with Crippen molar-refractivity contribution in [3.05, 3.63) is 29.3 Å². The fourth-order valence-corrected chi connectivity index (χ4v) is 1.78. The molecule has 0 fully saturated rings. The number of phenols is 1. The summed E-state index contributed by atoms with van der Waals surface area (Å²) in [5.74, 6) is 0.536. The molecule has 0 unspecified atom stereocenters. The van der Waals surface area contributed by atoms with Crippen molar-refractivity contribution in [2.75, 3.05) is 0 Å². The molecule has 1 aromatic rings. The lowest BCUT2D eigenvalue weighted by Crippen LogP contribution is -2.27. The third-order valence-electron chi connectivity index (χ3n) is 2.67. The summed E-state index contributed by atoms with van der Waals surface area (Å²) in [5.41, 5.74) is 7.59. The van der Waals surface area contributed by atoms with Crippen LogP contribution in [0.15, 0.2) is 18.2 Å². The molecule has 1 rings (SSSR count). The predicted octanol–water partition coefficient (Wildman–Crippen LogP) is 2.53. The van der Waals surface area contributed by atoms with Crippen molar-refractivity contribution in [3.63, 3.8) is 0 Å². The van der Waals surface area contributed by atoms with Crippen LogP contribution >= 0.6 is 12.4 Å². The molecule has 0 aliphatic rings. The number of benzene rings is 1. The Morgan fingerprint density at radius 1 is 1.29 bits per heavy atom. The van der Waals surface area contributed by atoms with Crippen LogP contribution in [0.2, 0.25) is 0 Å². The summed E-state index contributed by atoms with van der Waals surface area (Å²) in [5, 5.41) is 19.6.